The fraction of sp³-hybridized carbons (Fsp3) is 0.579. The van der Waals surface area contributed by atoms with Crippen LogP contribution in [-0.4, -0.2) is 54.0 Å². The highest BCUT2D eigenvalue weighted by molar-refractivity contribution is 5.80. The number of carbonyl (C=O) groups excluding carboxylic acids is 2. The second-order valence-electron chi connectivity index (χ2n) is 7.26. The Bertz CT molecular complexity index is 626. The van der Waals surface area contributed by atoms with Crippen molar-refractivity contribution in [1.82, 2.24) is 15.1 Å². The zero-order valence-corrected chi connectivity index (χ0v) is 14.9. The first-order chi connectivity index (χ1) is 12.0. The Morgan fingerprint density at radius 3 is 2.52 bits per heavy atom. The highest BCUT2D eigenvalue weighted by atomic mass is 16.2. The van der Waals surface area contributed by atoms with Crippen LogP contribution in [0.1, 0.15) is 30.4 Å². The molecule has 0 aliphatic carbocycles. The average Bonchev–Trinajstić information content (AvgIpc) is 3.09. The lowest BCUT2D eigenvalue weighted by atomic mass is 10.0. The fourth-order valence-electron chi connectivity index (χ4n) is 3.71. The Balaban J connectivity index is 1.43. The van der Waals surface area contributed by atoms with E-state index < -0.39 is 0 Å². The molecule has 2 fully saturated rings. The van der Waals surface area contributed by atoms with Crippen LogP contribution >= 0.6 is 0 Å². The maximum absolute atomic E-state index is 12.3. The number of primary amides is 1. The van der Waals surface area contributed by atoms with Crippen molar-refractivity contribution in [2.45, 2.75) is 38.8 Å². The molecule has 0 spiro atoms. The highest BCUT2D eigenvalue weighted by Crippen LogP contribution is 2.18. The monoisotopic (exact) mass is 344 g/mol. The lowest BCUT2D eigenvalue weighted by molar-refractivity contribution is -0.121. The number of hydrogen-bond acceptors (Lipinski definition) is 3. The van der Waals surface area contributed by atoms with Crippen LogP contribution in [-0.2, 0) is 11.3 Å². The summed E-state index contributed by atoms with van der Waals surface area (Å²) in [5, 5.41) is 3.12. The minimum absolute atomic E-state index is 0.0545. The number of aryl methyl sites for hydroxylation is 1. The van der Waals surface area contributed by atoms with Crippen LogP contribution in [0, 0.1) is 12.8 Å². The summed E-state index contributed by atoms with van der Waals surface area (Å²) >= 11 is 0. The van der Waals surface area contributed by atoms with Gasteiger partial charge in [-0.2, -0.15) is 0 Å². The summed E-state index contributed by atoms with van der Waals surface area (Å²) in [5.41, 5.74) is 8.03. The Hall–Kier alpha value is -2.08. The van der Waals surface area contributed by atoms with Gasteiger partial charge >= 0.3 is 6.03 Å². The van der Waals surface area contributed by atoms with Crippen molar-refractivity contribution < 1.29 is 9.59 Å². The van der Waals surface area contributed by atoms with Gasteiger partial charge in [0.2, 0.25) is 5.91 Å². The molecular weight excluding hydrogens is 316 g/mol. The second-order valence-corrected chi connectivity index (χ2v) is 7.26. The normalized spacial score (nSPS) is 22.1. The number of amides is 3. The minimum Gasteiger partial charge on any atom is -0.369 e. The van der Waals surface area contributed by atoms with Crippen LogP contribution in [0.2, 0.25) is 0 Å². The van der Waals surface area contributed by atoms with Gasteiger partial charge < -0.3 is 16.0 Å². The van der Waals surface area contributed by atoms with E-state index >= 15 is 0 Å². The first-order valence-corrected chi connectivity index (χ1v) is 9.14. The summed E-state index contributed by atoms with van der Waals surface area (Å²) in [4.78, 5) is 27.7. The summed E-state index contributed by atoms with van der Waals surface area (Å²) in [6, 6.07) is 8.66. The van der Waals surface area contributed by atoms with E-state index in [2.05, 4.69) is 41.4 Å². The number of benzene rings is 1. The van der Waals surface area contributed by atoms with Crippen LogP contribution in [0.25, 0.3) is 0 Å². The van der Waals surface area contributed by atoms with Gasteiger partial charge in [0.25, 0.3) is 0 Å². The quantitative estimate of drug-likeness (QED) is 0.868. The molecule has 3 amide bonds. The molecule has 6 heteroatoms. The van der Waals surface area contributed by atoms with E-state index in [-0.39, 0.29) is 23.9 Å². The molecule has 1 aromatic rings. The van der Waals surface area contributed by atoms with Gasteiger partial charge in [-0.05, 0) is 37.3 Å². The molecule has 0 unspecified atom stereocenters. The van der Waals surface area contributed by atoms with Crippen LogP contribution in [0.5, 0.6) is 0 Å². The van der Waals surface area contributed by atoms with Crippen molar-refractivity contribution in [3.8, 4) is 0 Å². The minimum atomic E-state index is -0.306. The van der Waals surface area contributed by atoms with Gasteiger partial charge in [0.05, 0.1) is 5.92 Å². The number of nitrogens with two attached hydrogens (primary N) is 1. The largest absolute Gasteiger partial charge is 0.369 e. The number of nitrogens with zero attached hydrogens (tertiary/aromatic N) is 2. The average molecular weight is 344 g/mol. The molecule has 2 heterocycles. The SMILES string of the molecule is Cc1ccccc1CN1CCC(NC(=O)N2CC[C@H](C(N)=O)C2)CC1. The number of hydrogen-bond donors (Lipinski definition) is 2. The predicted molar refractivity (Wildman–Crippen MR) is 96.9 cm³/mol. The lowest BCUT2D eigenvalue weighted by Crippen LogP contribution is -2.48. The van der Waals surface area contributed by atoms with Crippen molar-refractivity contribution in [3.63, 3.8) is 0 Å². The van der Waals surface area contributed by atoms with Crippen molar-refractivity contribution in [1.29, 1.82) is 0 Å². The third kappa shape index (κ3) is 4.51. The topological polar surface area (TPSA) is 78.7 Å². The van der Waals surface area contributed by atoms with Crippen molar-refractivity contribution in [2.75, 3.05) is 26.2 Å². The zero-order chi connectivity index (χ0) is 17.8. The van der Waals surface area contributed by atoms with E-state index in [0.29, 0.717) is 19.5 Å². The zero-order valence-electron chi connectivity index (χ0n) is 14.9. The van der Waals surface area contributed by atoms with Crippen LogP contribution in [0.3, 0.4) is 0 Å². The molecule has 0 aromatic heterocycles. The number of piperidine rings is 1. The third-order valence-corrected chi connectivity index (χ3v) is 5.45. The summed E-state index contributed by atoms with van der Waals surface area (Å²) < 4.78 is 0. The predicted octanol–water partition coefficient (Wildman–Crippen LogP) is 1.48. The Morgan fingerprint density at radius 2 is 1.88 bits per heavy atom. The molecule has 3 N–H and O–H groups in total. The van der Waals surface area contributed by atoms with Gasteiger partial charge in [-0.3, -0.25) is 9.69 Å². The van der Waals surface area contributed by atoms with E-state index in [4.69, 9.17) is 5.73 Å². The Kier molecular flexibility index (Phi) is 5.58. The number of urea groups is 1. The summed E-state index contributed by atoms with van der Waals surface area (Å²) in [6.45, 7) is 6.17. The lowest BCUT2D eigenvalue weighted by Gasteiger charge is -2.33. The molecule has 0 saturated carbocycles. The molecule has 1 atom stereocenters. The molecule has 0 radical (unpaired) electrons. The molecule has 25 heavy (non-hydrogen) atoms. The summed E-state index contributed by atoms with van der Waals surface area (Å²) in [6.07, 6.45) is 2.60. The molecule has 3 rings (SSSR count). The van der Waals surface area contributed by atoms with Crippen LogP contribution < -0.4 is 11.1 Å². The molecule has 1 aromatic carbocycles. The fourth-order valence-corrected chi connectivity index (χ4v) is 3.71. The molecule has 2 saturated heterocycles. The number of carbonyl (C=O) groups is 2. The molecule has 2 aliphatic rings. The van der Waals surface area contributed by atoms with E-state index in [0.717, 1.165) is 32.5 Å². The number of likely N-dealkylation sites (tertiary alicyclic amines) is 2. The van der Waals surface area contributed by atoms with Gasteiger partial charge in [0, 0.05) is 38.8 Å². The van der Waals surface area contributed by atoms with Gasteiger partial charge in [-0.25, -0.2) is 4.79 Å². The Labute approximate surface area is 149 Å². The first kappa shape index (κ1) is 17.7. The molecule has 136 valence electrons. The maximum atomic E-state index is 12.3. The van der Waals surface area contributed by atoms with E-state index in [1.54, 1.807) is 4.90 Å². The van der Waals surface area contributed by atoms with Crippen LogP contribution in [0.15, 0.2) is 24.3 Å². The van der Waals surface area contributed by atoms with Gasteiger partial charge in [0.15, 0.2) is 0 Å². The smallest absolute Gasteiger partial charge is 0.317 e. The third-order valence-electron chi connectivity index (χ3n) is 5.45. The van der Waals surface area contributed by atoms with Crippen molar-refractivity contribution in [3.05, 3.63) is 35.4 Å². The van der Waals surface area contributed by atoms with E-state index in [1.165, 1.54) is 11.1 Å². The molecule has 6 nitrogen and oxygen atoms in total. The van der Waals surface area contributed by atoms with E-state index in [9.17, 15) is 9.59 Å². The maximum Gasteiger partial charge on any atom is 0.317 e. The standard InChI is InChI=1S/C19H28N4O2/c1-14-4-2-3-5-15(14)12-22-9-7-17(8-10-22)21-19(25)23-11-6-16(13-23)18(20)24/h2-5,16-17H,6-13H2,1H3,(H2,20,24)(H,21,25)/t16-/m0/s1. The van der Waals surface area contributed by atoms with Crippen molar-refractivity contribution in [2.24, 2.45) is 11.7 Å². The van der Waals surface area contributed by atoms with Gasteiger partial charge in [0.1, 0.15) is 0 Å². The van der Waals surface area contributed by atoms with Crippen LogP contribution in [0.4, 0.5) is 4.79 Å². The summed E-state index contributed by atoms with van der Waals surface area (Å²) in [5.74, 6) is -0.499. The first-order valence-electron chi connectivity index (χ1n) is 9.14. The Morgan fingerprint density at radius 1 is 1.16 bits per heavy atom. The van der Waals surface area contributed by atoms with Gasteiger partial charge in [-0.15, -0.1) is 0 Å². The number of nitrogens with one attached hydrogen (secondary N) is 1. The van der Waals surface area contributed by atoms with Crippen molar-refractivity contribution >= 4 is 11.9 Å². The highest BCUT2D eigenvalue weighted by Gasteiger charge is 2.31. The molecule has 2 aliphatic heterocycles. The van der Waals surface area contributed by atoms with Gasteiger partial charge in [-0.1, -0.05) is 24.3 Å². The molecular formula is C19H28N4O2. The second kappa shape index (κ2) is 7.87. The number of rotatable bonds is 4. The van der Waals surface area contributed by atoms with E-state index in [1.807, 2.05) is 0 Å². The molecule has 0 bridgehead atoms. The summed E-state index contributed by atoms with van der Waals surface area (Å²) in [7, 11) is 0.